The van der Waals surface area contributed by atoms with Crippen LogP contribution >= 0.6 is 27.7 Å². The topological polar surface area (TPSA) is 38.9 Å². The van der Waals surface area contributed by atoms with Crippen molar-refractivity contribution in [3.63, 3.8) is 0 Å². The van der Waals surface area contributed by atoms with E-state index in [1.54, 1.807) is 30.1 Å². The van der Waals surface area contributed by atoms with Gasteiger partial charge in [-0.05, 0) is 45.8 Å². The maximum Gasteiger partial charge on any atom is 0.123 e. The first-order valence-electron chi connectivity index (χ1n) is 5.85. The third-order valence-electron chi connectivity index (χ3n) is 2.77. The molecule has 2 nitrogen and oxygen atoms in total. The Labute approximate surface area is 124 Å². The van der Waals surface area contributed by atoms with Crippen LogP contribution in [-0.4, -0.2) is 10.2 Å². The van der Waals surface area contributed by atoms with Gasteiger partial charge in [0, 0.05) is 22.0 Å². The van der Waals surface area contributed by atoms with Crippen LogP contribution in [0, 0.1) is 5.82 Å². The van der Waals surface area contributed by atoms with E-state index >= 15 is 0 Å². The van der Waals surface area contributed by atoms with Gasteiger partial charge in [0.15, 0.2) is 0 Å². The number of rotatable bonds is 4. The molecule has 1 aromatic heterocycles. The van der Waals surface area contributed by atoms with Crippen molar-refractivity contribution >= 4 is 27.7 Å². The lowest BCUT2D eigenvalue weighted by Gasteiger charge is -2.19. The fourth-order valence-electron chi connectivity index (χ4n) is 1.65. The molecule has 19 heavy (non-hydrogen) atoms. The summed E-state index contributed by atoms with van der Waals surface area (Å²) in [6, 6.07) is 10.1. The highest BCUT2D eigenvalue weighted by Gasteiger charge is 2.16. The molecule has 0 amide bonds. The Balaban J connectivity index is 2.04. The van der Waals surface area contributed by atoms with Gasteiger partial charge in [-0.25, -0.2) is 9.37 Å². The average molecular weight is 341 g/mol. The first-order chi connectivity index (χ1) is 9.06. The van der Waals surface area contributed by atoms with E-state index in [0.717, 1.165) is 15.1 Å². The monoisotopic (exact) mass is 340 g/mol. The number of halogens is 2. The van der Waals surface area contributed by atoms with E-state index in [0.29, 0.717) is 0 Å². The van der Waals surface area contributed by atoms with Crippen molar-refractivity contribution in [1.82, 2.24) is 4.98 Å². The van der Waals surface area contributed by atoms with Gasteiger partial charge in [0.05, 0.1) is 5.03 Å². The second-order valence-electron chi connectivity index (χ2n) is 4.21. The molecule has 1 aromatic carbocycles. The van der Waals surface area contributed by atoms with Crippen LogP contribution in [0.1, 0.15) is 18.5 Å². The molecule has 100 valence electrons. The smallest absolute Gasteiger partial charge is 0.123 e. The first kappa shape index (κ1) is 14.5. The van der Waals surface area contributed by atoms with E-state index in [1.807, 2.05) is 19.1 Å². The van der Waals surface area contributed by atoms with Gasteiger partial charge < -0.3 is 5.73 Å². The maximum atomic E-state index is 12.9. The number of nitrogens with two attached hydrogens (primary N) is 1. The van der Waals surface area contributed by atoms with Gasteiger partial charge >= 0.3 is 0 Å². The Hall–Kier alpha value is -0.910. The highest BCUT2D eigenvalue weighted by molar-refractivity contribution is 9.10. The van der Waals surface area contributed by atoms with E-state index in [2.05, 4.69) is 20.9 Å². The molecule has 2 aromatic rings. The van der Waals surface area contributed by atoms with Gasteiger partial charge in [0.2, 0.25) is 0 Å². The van der Waals surface area contributed by atoms with Crippen molar-refractivity contribution in [2.45, 2.75) is 23.2 Å². The lowest BCUT2D eigenvalue weighted by atomic mass is 10.1. The number of pyridine rings is 1. The van der Waals surface area contributed by atoms with Gasteiger partial charge in [0.25, 0.3) is 0 Å². The Kier molecular flexibility index (Phi) is 4.96. The largest absolute Gasteiger partial charge is 0.323 e. The lowest BCUT2D eigenvalue weighted by Crippen LogP contribution is -2.21. The standard InChI is InChI=1S/C14H14BrFN2S/c1-9(19-13-7-4-11(15)8-18-13)14(17)10-2-5-12(16)6-3-10/h2-9,14H,17H2,1H3. The highest BCUT2D eigenvalue weighted by atomic mass is 79.9. The third-order valence-corrected chi connectivity index (χ3v) is 4.38. The Morgan fingerprint density at radius 2 is 1.89 bits per heavy atom. The predicted molar refractivity (Wildman–Crippen MR) is 80.6 cm³/mol. The number of hydrogen-bond donors (Lipinski definition) is 1. The summed E-state index contributed by atoms with van der Waals surface area (Å²) < 4.78 is 13.8. The molecule has 2 N–H and O–H groups in total. The molecule has 0 saturated carbocycles. The Bertz CT molecular complexity index is 530. The molecule has 2 rings (SSSR count). The summed E-state index contributed by atoms with van der Waals surface area (Å²) in [5.41, 5.74) is 7.12. The van der Waals surface area contributed by atoms with Crippen molar-refractivity contribution < 1.29 is 4.39 Å². The summed E-state index contributed by atoms with van der Waals surface area (Å²) in [5, 5.41) is 1.08. The second kappa shape index (κ2) is 6.50. The minimum Gasteiger partial charge on any atom is -0.323 e. The summed E-state index contributed by atoms with van der Waals surface area (Å²) in [7, 11) is 0. The molecule has 0 radical (unpaired) electrons. The van der Waals surface area contributed by atoms with Crippen molar-refractivity contribution in [3.8, 4) is 0 Å². The molecule has 0 aliphatic carbocycles. The zero-order chi connectivity index (χ0) is 13.8. The van der Waals surface area contributed by atoms with Crippen LogP contribution in [0.15, 0.2) is 52.1 Å². The minimum atomic E-state index is -0.245. The van der Waals surface area contributed by atoms with Crippen LogP contribution in [0.25, 0.3) is 0 Å². The third kappa shape index (κ3) is 4.03. The van der Waals surface area contributed by atoms with E-state index in [-0.39, 0.29) is 17.1 Å². The molecule has 0 spiro atoms. The molecule has 0 saturated heterocycles. The van der Waals surface area contributed by atoms with Gasteiger partial charge in [-0.15, -0.1) is 11.8 Å². The van der Waals surface area contributed by atoms with Gasteiger partial charge in [-0.2, -0.15) is 0 Å². The fourth-order valence-corrected chi connectivity index (χ4v) is 2.83. The zero-order valence-electron chi connectivity index (χ0n) is 10.4. The maximum absolute atomic E-state index is 12.9. The summed E-state index contributed by atoms with van der Waals surface area (Å²) in [6.07, 6.45) is 1.76. The molecule has 1 heterocycles. The molecule has 0 bridgehead atoms. The van der Waals surface area contributed by atoms with E-state index < -0.39 is 0 Å². The van der Waals surface area contributed by atoms with Crippen molar-refractivity contribution in [2.75, 3.05) is 0 Å². The molecule has 0 fully saturated rings. The first-order valence-corrected chi connectivity index (χ1v) is 7.53. The molecular weight excluding hydrogens is 327 g/mol. The van der Waals surface area contributed by atoms with Gasteiger partial charge in [-0.1, -0.05) is 19.1 Å². The van der Waals surface area contributed by atoms with Gasteiger partial charge in [0.1, 0.15) is 5.82 Å². The Morgan fingerprint density at radius 3 is 2.47 bits per heavy atom. The van der Waals surface area contributed by atoms with Crippen molar-refractivity contribution in [2.24, 2.45) is 5.73 Å². The van der Waals surface area contributed by atoms with Crippen LogP contribution in [0.3, 0.4) is 0 Å². The summed E-state index contributed by atoms with van der Waals surface area (Å²) in [5.74, 6) is -0.245. The number of benzene rings is 1. The molecule has 0 aliphatic heterocycles. The van der Waals surface area contributed by atoms with Gasteiger partial charge in [-0.3, -0.25) is 0 Å². The molecule has 2 unspecified atom stereocenters. The number of thioether (sulfide) groups is 1. The summed E-state index contributed by atoms with van der Waals surface area (Å²) in [4.78, 5) is 4.31. The van der Waals surface area contributed by atoms with E-state index in [9.17, 15) is 4.39 Å². The van der Waals surface area contributed by atoms with Crippen LogP contribution in [0.5, 0.6) is 0 Å². The van der Waals surface area contributed by atoms with E-state index in [4.69, 9.17) is 5.73 Å². The van der Waals surface area contributed by atoms with E-state index in [1.165, 1.54) is 12.1 Å². The van der Waals surface area contributed by atoms with Crippen molar-refractivity contribution in [1.29, 1.82) is 0 Å². The minimum absolute atomic E-state index is 0.152. The van der Waals surface area contributed by atoms with Crippen LogP contribution < -0.4 is 5.73 Å². The molecule has 5 heteroatoms. The second-order valence-corrected chi connectivity index (χ2v) is 6.53. The van der Waals surface area contributed by atoms with Crippen LogP contribution in [0.2, 0.25) is 0 Å². The highest BCUT2D eigenvalue weighted by Crippen LogP contribution is 2.29. The quantitative estimate of drug-likeness (QED) is 0.849. The fraction of sp³-hybridized carbons (Fsp3) is 0.214. The average Bonchev–Trinajstić information content (AvgIpc) is 2.41. The predicted octanol–water partition coefficient (Wildman–Crippen LogP) is 4.16. The summed E-state index contributed by atoms with van der Waals surface area (Å²) in [6.45, 7) is 2.04. The Morgan fingerprint density at radius 1 is 1.21 bits per heavy atom. The van der Waals surface area contributed by atoms with Crippen LogP contribution in [-0.2, 0) is 0 Å². The zero-order valence-corrected chi connectivity index (χ0v) is 12.8. The molecule has 0 aliphatic rings. The SMILES string of the molecule is CC(Sc1ccc(Br)cn1)C(N)c1ccc(F)cc1. The lowest BCUT2D eigenvalue weighted by molar-refractivity contribution is 0.624. The summed E-state index contributed by atoms with van der Waals surface area (Å²) >= 11 is 4.96. The normalized spacial score (nSPS) is 14.1. The van der Waals surface area contributed by atoms with Crippen LogP contribution in [0.4, 0.5) is 4.39 Å². The molecular formula is C14H14BrFN2S. The number of nitrogens with zero attached hydrogens (tertiary/aromatic N) is 1. The molecule has 2 atom stereocenters. The number of aromatic nitrogens is 1. The van der Waals surface area contributed by atoms with Crippen molar-refractivity contribution in [3.05, 3.63) is 58.4 Å². The number of hydrogen-bond acceptors (Lipinski definition) is 3.